The molecule has 1 N–H and O–H groups in total. The van der Waals surface area contributed by atoms with Crippen LogP contribution in [-0.4, -0.2) is 24.2 Å². The summed E-state index contributed by atoms with van der Waals surface area (Å²) in [5.74, 6) is -0.591. The molecule has 1 aliphatic heterocycles. The molecule has 0 atom stereocenters. The van der Waals surface area contributed by atoms with E-state index in [2.05, 4.69) is 31.0 Å². The van der Waals surface area contributed by atoms with E-state index in [4.69, 9.17) is 0 Å². The summed E-state index contributed by atoms with van der Waals surface area (Å²) in [6.07, 6.45) is 1.75. The highest BCUT2D eigenvalue weighted by Gasteiger charge is 2.23. The van der Waals surface area contributed by atoms with E-state index in [9.17, 15) is 9.59 Å². The Hall–Kier alpha value is -2.38. The zero-order valence-electron chi connectivity index (χ0n) is 13.2. The van der Waals surface area contributed by atoms with Crippen LogP contribution in [0.1, 0.15) is 15.9 Å². The number of rotatable bonds is 3. The first-order chi connectivity index (χ1) is 12.0. The smallest absolute Gasteiger partial charge is 0.337 e. The second kappa shape index (κ2) is 7.67. The fourth-order valence-corrected chi connectivity index (χ4v) is 3.36. The van der Waals surface area contributed by atoms with Gasteiger partial charge in [0.1, 0.15) is 0 Å². The number of nitrogens with zero attached hydrogens (tertiary/aromatic N) is 1. The number of ether oxygens (including phenoxy) is 1. The minimum Gasteiger partial charge on any atom is -0.465 e. The Balaban J connectivity index is 1.78. The number of halogens is 1. The molecule has 0 aromatic heterocycles. The van der Waals surface area contributed by atoms with E-state index in [1.165, 1.54) is 18.9 Å². The van der Waals surface area contributed by atoms with E-state index >= 15 is 0 Å². The van der Waals surface area contributed by atoms with Gasteiger partial charge < -0.3 is 10.1 Å². The summed E-state index contributed by atoms with van der Waals surface area (Å²) in [4.78, 5) is 28.5. The Labute approximate surface area is 157 Å². The monoisotopic (exact) mass is 416 g/mol. The third kappa shape index (κ3) is 4.37. The molecule has 1 amide bonds. The number of carbonyl (C=O) groups is 2. The molecule has 25 heavy (non-hydrogen) atoms. The van der Waals surface area contributed by atoms with Crippen molar-refractivity contribution in [3.63, 3.8) is 0 Å². The highest BCUT2D eigenvalue weighted by molar-refractivity contribution is 9.10. The molecule has 1 fully saturated rings. The van der Waals surface area contributed by atoms with Crippen LogP contribution in [0.5, 0.6) is 0 Å². The summed E-state index contributed by atoms with van der Waals surface area (Å²) < 4.78 is 5.59. The van der Waals surface area contributed by atoms with E-state index in [0.717, 1.165) is 15.7 Å². The maximum absolute atomic E-state index is 12.1. The van der Waals surface area contributed by atoms with Crippen LogP contribution in [0.25, 0.3) is 6.08 Å². The van der Waals surface area contributed by atoms with Gasteiger partial charge in [-0.05, 0) is 53.7 Å². The normalized spacial score (nSPS) is 17.0. The van der Waals surface area contributed by atoms with Crippen molar-refractivity contribution in [1.82, 2.24) is 5.32 Å². The lowest BCUT2D eigenvalue weighted by atomic mass is 10.1. The lowest BCUT2D eigenvalue weighted by Gasteiger charge is -1.99. The van der Waals surface area contributed by atoms with Crippen molar-refractivity contribution in [3.8, 4) is 0 Å². The Morgan fingerprint density at radius 2 is 2.00 bits per heavy atom. The van der Waals surface area contributed by atoms with Crippen LogP contribution in [0.3, 0.4) is 0 Å². The van der Waals surface area contributed by atoms with Gasteiger partial charge in [0, 0.05) is 4.47 Å². The van der Waals surface area contributed by atoms with E-state index in [1.807, 2.05) is 24.3 Å². The standard InChI is InChI=1S/C18H13BrN2O3S/c1-24-17(23)12-7-5-11(6-8-12)9-15-16(22)21-18(25-15)20-14-4-2-3-13(19)10-14/h2-10H,1H3,(H,20,21,22)/b15-9-. The average Bonchev–Trinajstić information content (AvgIpc) is 2.94. The summed E-state index contributed by atoms with van der Waals surface area (Å²) in [6, 6.07) is 14.4. The van der Waals surface area contributed by atoms with Gasteiger partial charge in [0.2, 0.25) is 0 Å². The zero-order valence-corrected chi connectivity index (χ0v) is 15.6. The van der Waals surface area contributed by atoms with Crippen molar-refractivity contribution in [2.75, 3.05) is 7.11 Å². The summed E-state index contributed by atoms with van der Waals surface area (Å²) >= 11 is 4.67. The molecule has 3 rings (SSSR count). The molecule has 0 spiro atoms. The Kier molecular flexibility index (Phi) is 5.35. The van der Waals surface area contributed by atoms with Gasteiger partial charge in [0.15, 0.2) is 5.17 Å². The summed E-state index contributed by atoms with van der Waals surface area (Å²) in [7, 11) is 1.34. The molecule has 0 unspecified atom stereocenters. The molecule has 126 valence electrons. The number of hydrogen-bond donors (Lipinski definition) is 1. The maximum Gasteiger partial charge on any atom is 0.337 e. The highest BCUT2D eigenvalue weighted by Crippen LogP contribution is 2.28. The number of nitrogens with one attached hydrogen (secondary N) is 1. The van der Waals surface area contributed by atoms with E-state index in [0.29, 0.717) is 15.6 Å². The number of hydrogen-bond acceptors (Lipinski definition) is 5. The summed E-state index contributed by atoms with van der Waals surface area (Å²) in [6.45, 7) is 0. The number of thioether (sulfide) groups is 1. The van der Waals surface area contributed by atoms with Gasteiger partial charge in [-0.25, -0.2) is 9.79 Å². The van der Waals surface area contributed by atoms with Gasteiger partial charge >= 0.3 is 5.97 Å². The average molecular weight is 417 g/mol. The molecule has 5 nitrogen and oxygen atoms in total. The van der Waals surface area contributed by atoms with Crippen LogP contribution in [0.2, 0.25) is 0 Å². The molecule has 0 aliphatic carbocycles. The van der Waals surface area contributed by atoms with Crippen LogP contribution < -0.4 is 5.32 Å². The van der Waals surface area contributed by atoms with Crippen molar-refractivity contribution in [1.29, 1.82) is 0 Å². The van der Waals surface area contributed by atoms with Crippen molar-refractivity contribution < 1.29 is 14.3 Å². The summed E-state index contributed by atoms with van der Waals surface area (Å²) in [5, 5.41) is 3.28. The second-order valence-electron chi connectivity index (χ2n) is 5.08. The van der Waals surface area contributed by atoms with Gasteiger partial charge in [-0.1, -0.05) is 34.1 Å². The first-order valence-electron chi connectivity index (χ1n) is 7.29. The molecular formula is C18H13BrN2O3S. The minimum absolute atomic E-state index is 0.198. The van der Waals surface area contributed by atoms with Gasteiger partial charge in [0.05, 0.1) is 23.3 Å². The van der Waals surface area contributed by atoms with Crippen LogP contribution in [0, 0.1) is 0 Å². The zero-order chi connectivity index (χ0) is 17.8. The van der Waals surface area contributed by atoms with Crippen molar-refractivity contribution >= 4 is 56.5 Å². The van der Waals surface area contributed by atoms with E-state index in [-0.39, 0.29) is 5.91 Å². The van der Waals surface area contributed by atoms with E-state index < -0.39 is 5.97 Å². The molecule has 2 aromatic rings. The predicted molar refractivity (Wildman–Crippen MR) is 103 cm³/mol. The third-order valence-corrected chi connectivity index (χ3v) is 4.72. The molecule has 2 aromatic carbocycles. The SMILES string of the molecule is COC(=O)c1ccc(/C=C2\SC(=Nc3cccc(Br)c3)NC2=O)cc1. The van der Waals surface area contributed by atoms with Gasteiger partial charge in [-0.3, -0.25) is 4.79 Å². The number of esters is 1. The first-order valence-corrected chi connectivity index (χ1v) is 8.89. The molecule has 7 heteroatoms. The number of methoxy groups -OCH3 is 1. The number of carbonyl (C=O) groups excluding carboxylic acids is 2. The second-order valence-corrected chi connectivity index (χ2v) is 7.02. The van der Waals surface area contributed by atoms with Crippen molar-refractivity contribution in [2.45, 2.75) is 0 Å². The highest BCUT2D eigenvalue weighted by atomic mass is 79.9. The third-order valence-electron chi connectivity index (χ3n) is 3.32. The van der Waals surface area contributed by atoms with Crippen LogP contribution in [0.4, 0.5) is 5.69 Å². The van der Waals surface area contributed by atoms with Gasteiger partial charge in [-0.15, -0.1) is 0 Å². The lowest BCUT2D eigenvalue weighted by molar-refractivity contribution is -0.115. The van der Waals surface area contributed by atoms with Gasteiger partial charge in [0.25, 0.3) is 5.91 Å². The largest absolute Gasteiger partial charge is 0.465 e. The quantitative estimate of drug-likeness (QED) is 0.603. The fourth-order valence-electron chi connectivity index (χ4n) is 2.13. The van der Waals surface area contributed by atoms with E-state index in [1.54, 1.807) is 30.3 Å². The molecule has 0 bridgehead atoms. The Morgan fingerprint density at radius 3 is 2.68 bits per heavy atom. The van der Waals surface area contributed by atoms with Crippen LogP contribution in [0.15, 0.2) is 62.9 Å². The predicted octanol–water partition coefficient (Wildman–Crippen LogP) is 4.13. The molecule has 1 saturated heterocycles. The number of amidine groups is 1. The summed E-state index contributed by atoms with van der Waals surface area (Å²) in [5.41, 5.74) is 2.03. The first kappa shape index (κ1) is 17.4. The molecular weight excluding hydrogens is 404 g/mol. The Morgan fingerprint density at radius 1 is 1.24 bits per heavy atom. The lowest BCUT2D eigenvalue weighted by Crippen LogP contribution is -2.19. The molecule has 1 aliphatic rings. The van der Waals surface area contributed by atoms with Crippen LogP contribution >= 0.6 is 27.7 Å². The minimum atomic E-state index is -0.393. The molecule has 0 saturated carbocycles. The Bertz CT molecular complexity index is 891. The maximum atomic E-state index is 12.1. The molecule has 1 heterocycles. The van der Waals surface area contributed by atoms with Crippen molar-refractivity contribution in [2.24, 2.45) is 4.99 Å². The number of benzene rings is 2. The van der Waals surface area contributed by atoms with Gasteiger partial charge in [-0.2, -0.15) is 0 Å². The molecule has 0 radical (unpaired) electrons. The number of aliphatic imine (C=N–C) groups is 1. The fraction of sp³-hybridized carbons (Fsp3) is 0.0556. The number of amides is 1. The van der Waals surface area contributed by atoms with Crippen molar-refractivity contribution in [3.05, 3.63) is 69.0 Å². The topological polar surface area (TPSA) is 67.8 Å². The van der Waals surface area contributed by atoms with Crippen LogP contribution in [-0.2, 0) is 9.53 Å².